The minimum atomic E-state index is -0.0725. The van der Waals surface area contributed by atoms with E-state index in [2.05, 4.69) is 37.4 Å². The van der Waals surface area contributed by atoms with E-state index in [1.54, 1.807) is 11.8 Å². The second kappa shape index (κ2) is 9.26. The number of rotatable bonds is 5. The van der Waals surface area contributed by atoms with E-state index < -0.39 is 0 Å². The van der Waals surface area contributed by atoms with E-state index >= 15 is 0 Å². The molecule has 0 spiro atoms. The minimum absolute atomic E-state index is 0.0285. The molecule has 1 fully saturated rings. The van der Waals surface area contributed by atoms with Gasteiger partial charge in [-0.2, -0.15) is 0 Å². The predicted molar refractivity (Wildman–Crippen MR) is 124 cm³/mol. The van der Waals surface area contributed by atoms with Crippen molar-refractivity contribution in [2.24, 2.45) is 0 Å². The first-order valence-corrected chi connectivity index (χ1v) is 11.3. The van der Waals surface area contributed by atoms with Crippen molar-refractivity contribution in [2.75, 3.05) is 17.6 Å². The summed E-state index contributed by atoms with van der Waals surface area (Å²) in [6, 6.07) is 25.7. The molecule has 0 bridgehead atoms. The number of nitrogens with zero attached hydrogens (tertiary/aromatic N) is 1. The Labute approximate surface area is 182 Å². The minimum Gasteiger partial charge on any atom is -0.457 e. The van der Waals surface area contributed by atoms with Crippen LogP contribution in [0.4, 0.5) is 10.5 Å². The van der Waals surface area contributed by atoms with Crippen LogP contribution in [0.15, 0.2) is 78.9 Å². The van der Waals surface area contributed by atoms with Gasteiger partial charge >= 0.3 is 6.03 Å². The molecule has 4 nitrogen and oxygen atoms in total. The Morgan fingerprint density at radius 2 is 1.73 bits per heavy atom. The number of carbonyl (C=O) groups excluding carboxylic acids is 1. The van der Waals surface area contributed by atoms with Crippen molar-refractivity contribution >= 4 is 23.5 Å². The zero-order valence-corrected chi connectivity index (χ0v) is 18.1. The van der Waals surface area contributed by atoms with Gasteiger partial charge in [-0.1, -0.05) is 56.3 Å². The van der Waals surface area contributed by atoms with Gasteiger partial charge in [0.05, 0.1) is 0 Å². The summed E-state index contributed by atoms with van der Waals surface area (Å²) in [6.07, 6.45) is 0. The first-order valence-electron chi connectivity index (χ1n) is 10.2. The Morgan fingerprint density at radius 3 is 2.47 bits per heavy atom. The Bertz CT molecular complexity index is 990. The fourth-order valence-electron chi connectivity index (χ4n) is 3.46. The van der Waals surface area contributed by atoms with Crippen LogP contribution in [0.1, 0.15) is 36.3 Å². The van der Waals surface area contributed by atoms with Crippen molar-refractivity contribution in [1.29, 1.82) is 0 Å². The van der Waals surface area contributed by atoms with Crippen molar-refractivity contribution in [1.82, 2.24) is 4.90 Å². The summed E-state index contributed by atoms with van der Waals surface area (Å²) >= 11 is 1.77. The van der Waals surface area contributed by atoms with Gasteiger partial charge in [0.2, 0.25) is 0 Å². The average molecular weight is 419 g/mol. The number of thioether (sulfide) groups is 1. The maximum absolute atomic E-state index is 13.0. The Balaban J connectivity index is 1.46. The molecule has 154 valence electrons. The van der Waals surface area contributed by atoms with Crippen LogP contribution >= 0.6 is 11.8 Å². The van der Waals surface area contributed by atoms with E-state index in [1.807, 2.05) is 65.6 Å². The van der Waals surface area contributed by atoms with E-state index in [-0.39, 0.29) is 11.4 Å². The molecule has 5 heteroatoms. The molecule has 4 rings (SSSR count). The summed E-state index contributed by atoms with van der Waals surface area (Å²) < 4.78 is 5.97. The lowest BCUT2D eigenvalue weighted by Crippen LogP contribution is -2.34. The van der Waals surface area contributed by atoms with Crippen LogP contribution < -0.4 is 10.1 Å². The monoisotopic (exact) mass is 418 g/mol. The number of urea groups is 1. The molecule has 2 amide bonds. The van der Waals surface area contributed by atoms with Gasteiger partial charge < -0.3 is 15.0 Å². The second-order valence-corrected chi connectivity index (χ2v) is 8.80. The van der Waals surface area contributed by atoms with Crippen molar-refractivity contribution in [2.45, 2.75) is 25.1 Å². The van der Waals surface area contributed by atoms with Gasteiger partial charge in [-0.25, -0.2) is 4.79 Å². The van der Waals surface area contributed by atoms with E-state index in [1.165, 1.54) is 5.56 Å². The number of anilines is 1. The van der Waals surface area contributed by atoms with Gasteiger partial charge in [0.25, 0.3) is 0 Å². The standard InChI is InChI=1S/C25H26N2O2S/c1-18(2)19-11-13-21(14-12-19)26-25(28)27-15-16-30-24(27)20-7-6-10-23(17-20)29-22-8-4-3-5-9-22/h3-14,17-18,24H,15-16H2,1-2H3,(H,26,28). The highest BCUT2D eigenvalue weighted by Crippen LogP contribution is 2.39. The molecule has 3 aromatic carbocycles. The van der Waals surface area contributed by atoms with Crippen molar-refractivity contribution in [3.8, 4) is 11.5 Å². The largest absolute Gasteiger partial charge is 0.457 e. The van der Waals surface area contributed by atoms with E-state index in [9.17, 15) is 4.79 Å². The lowest BCUT2D eigenvalue weighted by atomic mass is 10.0. The van der Waals surface area contributed by atoms with Crippen molar-refractivity contribution in [3.63, 3.8) is 0 Å². The Hall–Kier alpha value is -2.92. The first-order chi connectivity index (χ1) is 14.6. The molecule has 1 unspecified atom stereocenters. The SMILES string of the molecule is CC(C)c1ccc(NC(=O)N2CCSC2c2cccc(Oc3ccccc3)c2)cc1. The summed E-state index contributed by atoms with van der Waals surface area (Å²) in [5.41, 5.74) is 3.15. The third-order valence-corrected chi connectivity index (χ3v) is 6.36. The van der Waals surface area contributed by atoms with Gasteiger partial charge in [-0.3, -0.25) is 0 Å². The molecular formula is C25H26N2O2S. The van der Waals surface area contributed by atoms with Crippen molar-refractivity contribution < 1.29 is 9.53 Å². The number of benzene rings is 3. The molecule has 30 heavy (non-hydrogen) atoms. The molecule has 1 aliphatic rings. The number of para-hydroxylation sites is 1. The third-order valence-electron chi connectivity index (χ3n) is 5.10. The van der Waals surface area contributed by atoms with Crippen LogP contribution in [0.25, 0.3) is 0 Å². The molecule has 0 radical (unpaired) electrons. The molecule has 0 aliphatic carbocycles. The zero-order valence-electron chi connectivity index (χ0n) is 17.2. The summed E-state index contributed by atoms with van der Waals surface area (Å²) in [5, 5.41) is 3.02. The molecular weight excluding hydrogens is 392 g/mol. The molecule has 1 N–H and O–H groups in total. The maximum Gasteiger partial charge on any atom is 0.323 e. The van der Waals surface area contributed by atoms with Gasteiger partial charge in [0.15, 0.2) is 0 Å². The average Bonchev–Trinajstić information content (AvgIpc) is 3.25. The van der Waals surface area contributed by atoms with Crippen LogP contribution in [0.5, 0.6) is 11.5 Å². The third kappa shape index (κ3) is 4.79. The summed E-state index contributed by atoms with van der Waals surface area (Å²) in [6.45, 7) is 5.04. The number of hydrogen-bond acceptors (Lipinski definition) is 3. The van der Waals surface area contributed by atoms with Gasteiger partial charge in [-0.15, -0.1) is 11.8 Å². The normalized spacial score (nSPS) is 16.0. The summed E-state index contributed by atoms with van der Waals surface area (Å²) in [4.78, 5) is 14.9. The summed E-state index contributed by atoms with van der Waals surface area (Å²) in [7, 11) is 0. The Morgan fingerprint density at radius 1 is 1.00 bits per heavy atom. The fourth-order valence-corrected chi connectivity index (χ4v) is 4.70. The number of carbonyl (C=O) groups is 1. The highest BCUT2D eigenvalue weighted by molar-refractivity contribution is 7.99. The van der Waals surface area contributed by atoms with Gasteiger partial charge in [-0.05, 0) is 53.4 Å². The van der Waals surface area contributed by atoms with Crippen LogP contribution in [0.2, 0.25) is 0 Å². The summed E-state index contributed by atoms with van der Waals surface area (Å²) in [5.74, 6) is 2.96. The lowest BCUT2D eigenvalue weighted by Gasteiger charge is -2.25. The van der Waals surface area contributed by atoms with Gasteiger partial charge in [0.1, 0.15) is 16.9 Å². The number of nitrogens with one attached hydrogen (secondary N) is 1. The van der Waals surface area contributed by atoms with Crippen LogP contribution in [-0.4, -0.2) is 23.2 Å². The quantitative estimate of drug-likeness (QED) is 0.491. The second-order valence-electron chi connectivity index (χ2n) is 7.61. The van der Waals surface area contributed by atoms with E-state index in [4.69, 9.17) is 4.74 Å². The topological polar surface area (TPSA) is 41.6 Å². The number of ether oxygens (including phenoxy) is 1. The number of amides is 2. The molecule has 0 saturated carbocycles. The molecule has 1 saturated heterocycles. The smallest absolute Gasteiger partial charge is 0.323 e. The first kappa shape index (κ1) is 20.4. The van der Waals surface area contributed by atoms with Crippen LogP contribution in [0.3, 0.4) is 0 Å². The predicted octanol–water partition coefficient (Wildman–Crippen LogP) is 6.88. The maximum atomic E-state index is 13.0. The fraction of sp³-hybridized carbons (Fsp3) is 0.240. The molecule has 1 aliphatic heterocycles. The van der Waals surface area contributed by atoms with Crippen LogP contribution in [-0.2, 0) is 0 Å². The van der Waals surface area contributed by atoms with E-state index in [0.717, 1.165) is 35.0 Å². The van der Waals surface area contributed by atoms with E-state index in [0.29, 0.717) is 5.92 Å². The van der Waals surface area contributed by atoms with Crippen molar-refractivity contribution in [3.05, 3.63) is 90.0 Å². The highest BCUT2D eigenvalue weighted by atomic mass is 32.2. The number of hydrogen-bond donors (Lipinski definition) is 1. The Kier molecular flexibility index (Phi) is 6.29. The molecule has 1 heterocycles. The zero-order chi connectivity index (χ0) is 20.9. The molecule has 1 atom stereocenters. The molecule has 3 aromatic rings. The lowest BCUT2D eigenvalue weighted by molar-refractivity contribution is 0.214. The van der Waals surface area contributed by atoms with Crippen LogP contribution in [0, 0.1) is 0 Å². The molecule has 0 aromatic heterocycles. The highest BCUT2D eigenvalue weighted by Gasteiger charge is 2.31. The van der Waals surface area contributed by atoms with Gasteiger partial charge in [0, 0.05) is 18.0 Å².